The number of ether oxygens (including phenoxy) is 1. The maximum Gasteiger partial charge on any atom is 0.302 e. The summed E-state index contributed by atoms with van der Waals surface area (Å²) in [6.45, 7) is 6.08. The van der Waals surface area contributed by atoms with Gasteiger partial charge in [-0.1, -0.05) is 13.8 Å². The van der Waals surface area contributed by atoms with Gasteiger partial charge in [-0.25, -0.2) is 0 Å². The molecule has 8 atom stereocenters. The average Bonchev–Trinajstić information content (AvgIpc) is 2.98. The summed E-state index contributed by atoms with van der Waals surface area (Å²) >= 11 is 0. The summed E-state index contributed by atoms with van der Waals surface area (Å²) in [5.41, 5.74) is 0.457. The second kappa shape index (κ2) is 6.86. The molecule has 1 N–H and O–H groups in total. The lowest BCUT2D eigenvalue weighted by Gasteiger charge is -2.61. The lowest BCUT2D eigenvalue weighted by atomic mass is 9.44. The van der Waals surface area contributed by atoms with Crippen LogP contribution in [0.5, 0.6) is 0 Å². The van der Waals surface area contributed by atoms with Gasteiger partial charge in [0, 0.05) is 12.8 Å². The third-order valence-corrected chi connectivity index (χ3v) is 9.49. The maximum absolute atomic E-state index is 12.4. The third-order valence-electron chi connectivity index (χ3n) is 9.49. The van der Waals surface area contributed by atoms with Gasteiger partial charge in [0.15, 0.2) is 5.78 Å². The number of esters is 1. The van der Waals surface area contributed by atoms with E-state index in [4.69, 9.17) is 4.74 Å². The highest BCUT2D eigenvalue weighted by molar-refractivity contribution is 5.83. The highest BCUT2D eigenvalue weighted by atomic mass is 16.5. The van der Waals surface area contributed by atoms with Crippen LogP contribution in [0.1, 0.15) is 78.6 Å². The molecule has 0 unspecified atom stereocenters. The first-order chi connectivity index (χ1) is 12.8. The maximum atomic E-state index is 12.4. The Bertz CT molecular complexity index is 615. The molecule has 0 aliphatic heterocycles. The fraction of sp³-hybridized carbons (Fsp3) is 0.913. The number of ketones is 1. The molecule has 0 bridgehead atoms. The molecule has 4 rings (SSSR count). The standard InChI is InChI=1S/C23H36O4/c1-14(25)27-16-8-10-22(2)15(12-16)4-5-17-18-6-7-20(21(26)13-24)23(18,3)11-9-19(17)22/h15-20,24H,4-13H2,1-3H3/t15-,16-,17+,18-,19+,20+,22-,23+/m1/s1. The van der Waals surface area contributed by atoms with Gasteiger partial charge in [-0.3, -0.25) is 9.59 Å². The van der Waals surface area contributed by atoms with Crippen molar-refractivity contribution in [2.24, 2.45) is 40.4 Å². The minimum absolute atomic E-state index is 0.0682. The number of aliphatic hydroxyl groups excluding tert-OH is 1. The van der Waals surface area contributed by atoms with Gasteiger partial charge < -0.3 is 9.84 Å². The second-order valence-electron chi connectivity index (χ2n) is 10.5. The quantitative estimate of drug-likeness (QED) is 0.752. The van der Waals surface area contributed by atoms with E-state index in [1.165, 1.54) is 32.6 Å². The van der Waals surface area contributed by atoms with Crippen LogP contribution in [0.2, 0.25) is 0 Å². The van der Waals surface area contributed by atoms with Crippen LogP contribution in [-0.4, -0.2) is 29.6 Å². The molecule has 4 saturated carbocycles. The molecular formula is C23H36O4. The Balaban J connectivity index is 1.53. The summed E-state index contributed by atoms with van der Waals surface area (Å²) in [7, 11) is 0. The zero-order chi connectivity index (χ0) is 19.4. The summed E-state index contributed by atoms with van der Waals surface area (Å²) in [5, 5.41) is 9.43. The molecule has 4 heteroatoms. The number of fused-ring (bicyclic) bond motifs is 5. The molecule has 0 spiro atoms. The van der Waals surface area contributed by atoms with E-state index in [-0.39, 0.29) is 35.8 Å². The summed E-state index contributed by atoms with van der Waals surface area (Å²) in [4.78, 5) is 23.7. The van der Waals surface area contributed by atoms with Crippen LogP contribution in [0, 0.1) is 40.4 Å². The number of hydrogen-bond acceptors (Lipinski definition) is 4. The van der Waals surface area contributed by atoms with E-state index >= 15 is 0 Å². The molecule has 0 aromatic heterocycles. The molecule has 0 aromatic rings. The van der Waals surface area contributed by atoms with Crippen molar-refractivity contribution in [2.75, 3.05) is 6.61 Å². The lowest BCUT2D eigenvalue weighted by molar-refractivity contribution is -0.161. The topological polar surface area (TPSA) is 63.6 Å². The van der Waals surface area contributed by atoms with E-state index in [2.05, 4.69) is 13.8 Å². The fourth-order valence-electron chi connectivity index (χ4n) is 8.20. The third kappa shape index (κ3) is 2.97. The number of carbonyl (C=O) groups is 2. The fourth-order valence-corrected chi connectivity index (χ4v) is 8.20. The van der Waals surface area contributed by atoms with E-state index in [9.17, 15) is 14.7 Å². The van der Waals surface area contributed by atoms with Crippen molar-refractivity contribution in [3.05, 3.63) is 0 Å². The largest absolute Gasteiger partial charge is 0.463 e. The van der Waals surface area contributed by atoms with Crippen molar-refractivity contribution >= 4 is 11.8 Å². The second-order valence-corrected chi connectivity index (χ2v) is 10.5. The molecule has 4 aliphatic carbocycles. The highest BCUT2D eigenvalue weighted by Crippen LogP contribution is 2.67. The van der Waals surface area contributed by atoms with Gasteiger partial charge in [-0.15, -0.1) is 0 Å². The summed E-state index contributed by atoms with van der Waals surface area (Å²) in [6.07, 6.45) is 10.3. The van der Waals surface area contributed by atoms with Crippen LogP contribution in [-0.2, 0) is 14.3 Å². The van der Waals surface area contributed by atoms with Crippen LogP contribution in [0.15, 0.2) is 0 Å². The SMILES string of the molecule is CC(=O)O[C@@H]1CC[C@]2(C)[C@H](CC[C@H]3[C@H]4CC[C@@H](C(=O)CO)[C@@]4(C)CC[C@@H]32)C1. The Morgan fingerprint density at radius 2 is 1.67 bits per heavy atom. The molecule has 0 amide bonds. The summed E-state index contributed by atoms with van der Waals surface area (Å²) in [6, 6.07) is 0. The number of carbonyl (C=O) groups excluding carboxylic acids is 2. The smallest absolute Gasteiger partial charge is 0.302 e. The van der Waals surface area contributed by atoms with Gasteiger partial charge in [0.25, 0.3) is 0 Å². The normalized spacial score (nSPS) is 48.9. The van der Waals surface area contributed by atoms with Crippen LogP contribution < -0.4 is 0 Å². The van der Waals surface area contributed by atoms with Gasteiger partial charge in [0.1, 0.15) is 12.7 Å². The first-order valence-corrected chi connectivity index (χ1v) is 11.1. The lowest BCUT2D eigenvalue weighted by Crippen LogP contribution is -2.54. The Kier molecular flexibility index (Phi) is 4.93. The number of hydrogen-bond donors (Lipinski definition) is 1. The molecule has 4 fully saturated rings. The van der Waals surface area contributed by atoms with Gasteiger partial charge in [0.2, 0.25) is 0 Å². The van der Waals surface area contributed by atoms with E-state index < -0.39 is 0 Å². The van der Waals surface area contributed by atoms with Gasteiger partial charge >= 0.3 is 5.97 Å². The number of rotatable bonds is 3. The molecule has 0 aromatic carbocycles. The van der Waals surface area contributed by atoms with Gasteiger partial charge in [-0.2, -0.15) is 0 Å². The van der Waals surface area contributed by atoms with Crippen molar-refractivity contribution in [2.45, 2.75) is 84.7 Å². The molecule has 4 aliphatic rings. The average molecular weight is 377 g/mol. The van der Waals surface area contributed by atoms with E-state index in [0.717, 1.165) is 43.9 Å². The highest BCUT2D eigenvalue weighted by Gasteiger charge is 2.61. The van der Waals surface area contributed by atoms with E-state index in [1.807, 2.05) is 0 Å². The Morgan fingerprint density at radius 3 is 2.37 bits per heavy atom. The number of aliphatic hydroxyl groups is 1. The number of Topliss-reactive ketones (excluding diaryl/α,β-unsaturated/α-hetero) is 1. The van der Waals surface area contributed by atoms with Crippen molar-refractivity contribution in [1.29, 1.82) is 0 Å². The zero-order valence-electron chi connectivity index (χ0n) is 17.2. The monoisotopic (exact) mass is 376 g/mol. The van der Waals surface area contributed by atoms with Crippen LogP contribution >= 0.6 is 0 Å². The minimum atomic E-state index is -0.293. The molecule has 152 valence electrons. The Morgan fingerprint density at radius 1 is 0.963 bits per heavy atom. The first kappa shape index (κ1) is 19.4. The minimum Gasteiger partial charge on any atom is -0.463 e. The Hall–Kier alpha value is -0.900. The molecular weight excluding hydrogens is 340 g/mol. The first-order valence-electron chi connectivity index (χ1n) is 11.1. The van der Waals surface area contributed by atoms with E-state index in [1.54, 1.807) is 0 Å². The predicted molar refractivity (Wildman–Crippen MR) is 103 cm³/mol. The Labute approximate surface area is 163 Å². The van der Waals surface area contributed by atoms with Gasteiger partial charge in [0.05, 0.1) is 0 Å². The molecule has 0 heterocycles. The van der Waals surface area contributed by atoms with Crippen LogP contribution in [0.3, 0.4) is 0 Å². The van der Waals surface area contributed by atoms with Crippen molar-refractivity contribution in [1.82, 2.24) is 0 Å². The zero-order valence-corrected chi connectivity index (χ0v) is 17.2. The van der Waals surface area contributed by atoms with Crippen molar-refractivity contribution < 1.29 is 19.4 Å². The van der Waals surface area contributed by atoms with Crippen molar-refractivity contribution in [3.63, 3.8) is 0 Å². The molecule has 0 radical (unpaired) electrons. The van der Waals surface area contributed by atoms with Crippen LogP contribution in [0.4, 0.5) is 0 Å². The predicted octanol–water partition coefficient (Wildman–Crippen LogP) is 4.14. The van der Waals surface area contributed by atoms with Crippen LogP contribution in [0.25, 0.3) is 0 Å². The van der Waals surface area contributed by atoms with Crippen molar-refractivity contribution in [3.8, 4) is 0 Å². The van der Waals surface area contributed by atoms with Gasteiger partial charge in [-0.05, 0) is 92.3 Å². The summed E-state index contributed by atoms with van der Waals surface area (Å²) < 4.78 is 5.56. The molecule has 4 nitrogen and oxygen atoms in total. The molecule has 0 saturated heterocycles. The van der Waals surface area contributed by atoms with E-state index in [0.29, 0.717) is 17.3 Å². The summed E-state index contributed by atoms with van der Waals surface area (Å²) in [5.74, 6) is 2.77. The molecule has 27 heavy (non-hydrogen) atoms.